The van der Waals surface area contributed by atoms with Crippen LogP contribution in [-0.2, 0) is 11.3 Å². The van der Waals surface area contributed by atoms with Crippen molar-refractivity contribution in [2.45, 2.75) is 6.54 Å². The van der Waals surface area contributed by atoms with E-state index in [2.05, 4.69) is 23.1 Å². The molecule has 6 nitrogen and oxygen atoms in total. The molecule has 2 aromatic carbocycles. The standard InChI is InChI=1S/C25H24ClN3O3S/c26-20-3-1-2-19(16-20)23-9-8-22(33-23)17-27-10-12-28(13-11-27)24(30)18-4-6-21(7-5-18)29-14-15-32-25(29)31/h1-9,16H,10-15,17H2. The van der Waals surface area contributed by atoms with E-state index in [1.165, 1.54) is 9.75 Å². The van der Waals surface area contributed by atoms with Crippen LogP contribution in [0.3, 0.4) is 0 Å². The van der Waals surface area contributed by atoms with Crippen molar-refractivity contribution < 1.29 is 14.3 Å². The van der Waals surface area contributed by atoms with Crippen molar-refractivity contribution in [3.63, 3.8) is 0 Å². The van der Waals surface area contributed by atoms with Gasteiger partial charge in [0.05, 0.1) is 6.54 Å². The fourth-order valence-electron chi connectivity index (χ4n) is 4.18. The zero-order chi connectivity index (χ0) is 22.8. The van der Waals surface area contributed by atoms with E-state index in [1.807, 2.05) is 35.2 Å². The first kappa shape index (κ1) is 21.9. The van der Waals surface area contributed by atoms with Crippen molar-refractivity contribution in [1.29, 1.82) is 0 Å². The summed E-state index contributed by atoms with van der Waals surface area (Å²) in [6.45, 7) is 4.91. The number of piperazine rings is 1. The molecule has 170 valence electrons. The molecule has 0 spiro atoms. The van der Waals surface area contributed by atoms with Crippen LogP contribution in [0.4, 0.5) is 10.5 Å². The van der Waals surface area contributed by atoms with Gasteiger partial charge < -0.3 is 9.64 Å². The molecule has 0 atom stereocenters. The van der Waals surface area contributed by atoms with Crippen molar-refractivity contribution in [3.8, 4) is 10.4 Å². The molecule has 3 aromatic rings. The minimum absolute atomic E-state index is 0.0320. The van der Waals surface area contributed by atoms with Crippen LogP contribution in [0.2, 0.25) is 5.02 Å². The van der Waals surface area contributed by atoms with E-state index in [4.69, 9.17) is 16.3 Å². The highest BCUT2D eigenvalue weighted by atomic mass is 35.5. The number of rotatable bonds is 5. The quantitative estimate of drug-likeness (QED) is 0.515. The molecule has 2 saturated heterocycles. The van der Waals surface area contributed by atoms with E-state index in [0.717, 1.165) is 35.9 Å². The van der Waals surface area contributed by atoms with E-state index in [9.17, 15) is 9.59 Å². The molecular formula is C25H24ClN3O3S. The first-order chi connectivity index (χ1) is 16.1. The van der Waals surface area contributed by atoms with Crippen molar-refractivity contribution in [2.24, 2.45) is 0 Å². The Bertz CT molecular complexity index is 1160. The number of benzene rings is 2. The van der Waals surface area contributed by atoms with Gasteiger partial charge in [-0.3, -0.25) is 14.6 Å². The monoisotopic (exact) mass is 481 g/mol. The normalized spacial score (nSPS) is 16.8. The summed E-state index contributed by atoms with van der Waals surface area (Å²) < 4.78 is 4.98. The molecular weight excluding hydrogens is 458 g/mol. The first-order valence-corrected chi connectivity index (χ1v) is 12.2. The molecule has 0 radical (unpaired) electrons. The van der Waals surface area contributed by atoms with Gasteiger partial charge >= 0.3 is 6.09 Å². The second kappa shape index (κ2) is 9.55. The van der Waals surface area contributed by atoms with Gasteiger partial charge in [-0.25, -0.2) is 4.79 Å². The molecule has 33 heavy (non-hydrogen) atoms. The summed E-state index contributed by atoms with van der Waals surface area (Å²) in [5.74, 6) is 0.0320. The van der Waals surface area contributed by atoms with Crippen LogP contribution in [0.15, 0.2) is 60.7 Å². The number of carbonyl (C=O) groups excluding carboxylic acids is 2. The lowest BCUT2D eigenvalue weighted by atomic mass is 10.1. The predicted octanol–water partition coefficient (Wildman–Crippen LogP) is 4.98. The Morgan fingerprint density at radius 2 is 1.76 bits per heavy atom. The maximum absolute atomic E-state index is 12.9. The summed E-state index contributed by atoms with van der Waals surface area (Å²) in [6.07, 6.45) is -0.337. The molecule has 0 saturated carbocycles. The van der Waals surface area contributed by atoms with E-state index in [-0.39, 0.29) is 12.0 Å². The molecule has 2 fully saturated rings. The van der Waals surface area contributed by atoms with E-state index < -0.39 is 0 Å². The summed E-state index contributed by atoms with van der Waals surface area (Å²) in [6, 6.07) is 19.5. The SMILES string of the molecule is O=C(c1ccc(N2CCOC2=O)cc1)N1CCN(Cc2ccc(-c3cccc(Cl)c3)s2)CC1. The van der Waals surface area contributed by atoms with E-state index >= 15 is 0 Å². The van der Waals surface area contributed by atoms with Crippen LogP contribution in [0, 0.1) is 0 Å². The molecule has 0 N–H and O–H groups in total. The van der Waals surface area contributed by atoms with Gasteiger partial charge in [0.25, 0.3) is 5.91 Å². The molecule has 1 aromatic heterocycles. The van der Waals surface area contributed by atoms with E-state index in [0.29, 0.717) is 31.8 Å². The number of anilines is 1. The zero-order valence-corrected chi connectivity index (χ0v) is 19.6. The molecule has 8 heteroatoms. The second-order valence-corrected chi connectivity index (χ2v) is 9.76. The summed E-state index contributed by atoms with van der Waals surface area (Å²) >= 11 is 7.91. The summed E-state index contributed by atoms with van der Waals surface area (Å²) in [4.78, 5) is 33.0. The Morgan fingerprint density at radius 1 is 0.970 bits per heavy atom. The molecule has 2 aliphatic rings. The number of thiophene rings is 1. The highest BCUT2D eigenvalue weighted by Crippen LogP contribution is 2.30. The van der Waals surface area contributed by atoms with Gasteiger partial charge in [-0.1, -0.05) is 23.7 Å². The fourth-order valence-corrected chi connectivity index (χ4v) is 5.42. The number of halogens is 1. The molecule has 5 rings (SSSR count). The van der Waals surface area contributed by atoms with Gasteiger partial charge in [0.1, 0.15) is 6.61 Å². The lowest BCUT2D eigenvalue weighted by Crippen LogP contribution is -2.48. The molecule has 3 heterocycles. The predicted molar refractivity (Wildman–Crippen MR) is 131 cm³/mol. The number of cyclic esters (lactones) is 1. The van der Waals surface area contributed by atoms with Crippen molar-refractivity contribution in [1.82, 2.24) is 9.80 Å². The summed E-state index contributed by atoms with van der Waals surface area (Å²) in [5.41, 5.74) is 2.54. The number of carbonyl (C=O) groups is 2. The van der Waals surface area contributed by atoms with Gasteiger partial charge in [-0.05, 0) is 54.1 Å². The average Bonchev–Trinajstić information content (AvgIpc) is 3.48. The highest BCUT2D eigenvalue weighted by molar-refractivity contribution is 7.15. The number of nitrogens with zero attached hydrogens (tertiary/aromatic N) is 3. The fraction of sp³-hybridized carbons (Fsp3) is 0.280. The van der Waals surface area contributed by atoms with Crippen LogP contribution < -0.4 is 4.90 Å². The topological polar surface area (TPSA) is 53.1 Å². The van der Waals surface area contributed by atoms with Gasteiger partial charge in [-0.2, -0.15) is 0 Å². The molecule has 0 aliphatic carbocycles. The number of amides is 2. The smallest absolute Gasteiger partial charge is 0.414 e. The minimum Gasteiger partial charge on any atom is -0.447 e. The van der Waals surface area contributed by atoms with Crippen molar-refractivity contribution in [3.05, 3.63) is 76.1 Å². The van der Waals surface area contributed by atoms with Crippen LogP contribution in [0.25, 0.3) is 10.4 Å². The Balaban J connectivity index is 1.15. The third kappa shape index (κ3) is 4.90. The number of hydrogen-bond acceptors (Lipinski definition) is 5. The van der Waals surface area contributed by atoms with Crippen molar-refractivity contribution in [2.75, 3.05) is 44.2 Å². The largest absolute Gasteiger partial charge is 0.447 e. The highest BCUT2D eigenvalue weighted by Gasteiger charge is 2.25. The molecule has 2 aliphatic heterocycles. The molecule has 0 bridgehead atoms. The molecule has 2 amide bonds. The number of hydrogen-bond donors (Lipinski definition) is 0. The van der Waals surface area contributed by atoms with Crippen LogP contribution >= 0.6 is 22.9 Å². The Hall–Kier alpha value is -2.87. The van der Waals surface area contributed by atoms with Crippen LogP contribution in [0.5, 0.6) is 0 Å². The van der Waals surface area contributed by atoms with Crippen molar-refractivity contribution >= 4 is 40.6 Å². The number of ether oxygens (including phenoxy) is 1. The first-order valence-electron chi connectivity index (χ1n) is 11.0. The third-order valence-corrected chi connectivity index (χ3v) is 7.35. The second-order valence-electron chi connectivity index (χ2n) is 8.16. The zero-order valence-electron chi connectivity index (χ0n) is 18.1. The summed E-state index contributed by atoms with van der Waals surface area (Å²) in [5, 5.41) is 0.747. The Labute approximate surface area is 201 Å². The van der Waals surface area contributed by atoms with E-state index in [1.54, 1.807) is 28.4 Å². The summed E-state index contributed by atoms with van der Waals surface area (Å²) in [7, 11) is 0. The molecule has 0 unspecified atom stereocenters. The lowest BCUT2D eigenvalue weighted by molar-refractivity contribution is 0.0629. The maximum atomic E-state index is 12.9. The Morgan fingerprint density at radius 3 is 2.45 bits per heavy atom. The van der Waals surface area contributed by atoms with Crippen LogP contribution in [0.1, 0.15) is 15.2 Å². The van der Waals surface area contributed by atoms with Crippen LogP contribution in [-0.4, -0.2) is 61.1 Å². The Kier molecular flexibility index (Phi) is 6.35. The van der Waals surface area contributed by atoms with Gasteiger partial charge in [0.15, 0.2) is 0 Å². The third-order valence-electron chi connectivity index (χ3n) is 6.00. The van der Waals surface area contributed by atoms with Gasteiger partial charge in [0, 0.05) is 58.8 Å². The lowest BCUT2D eigenvalue weighted by Gasteiger charge is -2.34. The van der Waals surface area contributed by atoms with Gasteiger partial charge in [-0.15, -0.1) is 11.3 Å². The van der Waals surface area contributed by atoms with Gasteiger partial charge in [0.2, 0.25) is 0 Å². The average molecular weight is 482 g/mol. The maximum Gasteiger partial charge on any atom is 0.414 e. The minimum atomic E-state index is -0.337.